The summed E-state index contributed by atoms with van der Waals surface area (Å²) in [6.45, 7) is 2.62. The molecule has 2 aliphatic heterocycles. The normalized spacial score (nSPS) is 19.1. The Morgan fingerprint density at radius 1 is 1.38 bits per heavy atom. The molecule has 1 unspecified atom stereocenters. The number of carbonyl (C=O) groups excluding carboxylic acids is 1. The number of rotatable bonds is 3. The van der Waals surface area contributed by atoms with Crippen LogP contribution in [0.2, 0.25) is 0 Å². The Morgan fingerprint density at radius 3 is 3.12 bits per heavy atom. The lowest BCUT2D eigenvalue weighted by Gasteiger charge is -2.22. The van der Waals surface area contributed by atoms with E-state index in [1.165, 1.54) is 16.9 Å². The van der Waals surface area contributed by atoms with Crippen molar-refractivity contribution in [1.82, 2.24) is 10.3 Å². The van der Waals surface area contributed by atoms with Gasteiger partial charge in [-0.3, -0.25) is 10.1 Å². The molecule has 8 heteroatoms. The predicted molar refractivity (Wildman–Crippen MR) is 95.2 cm³/mol. The summed E-state index contributed by atoms with van der Waals surface area (Å²) in [5.41, 5.74) is 3.12. The number of nitrogens with zero attached hydrogens (tertiary/aromatic N) is 1. The Bertz CT molecular complexity index is 731. The molecule has 0 radical (unpaired) electrons. The minimum absolute atomic E-state index is 0. The van der Waals surface area contributed by atoms with Crippen LogP contribution in [0.4, 0.5) is 5.13 Å². The quantitative estimate of drug-likeness (QED) is 0.869. The average molecular weight is 368 g/mol. The summed E-state index contributed by atoms with van der Waals surface area (Å²) in [6, 6.07) is 6.09. The van der Waals surface area contributed by atoms with E-state index in [-0.39, 0.29) is 18.3 Å². The number of hydrogen-bond donors (Lipinski definition) is 2. The van der Waals surface area contributed by atoms with Crippen molar-refractivity contribution in [3.63, 3.8) is 0 Å². The number of thiazole rings is 1. The molecule has 2 aliphatic rings. The summed E-state index contributed by atoms with van der Waals surface area (Å²) in [7, 11) is 0. The van der Waals surface area contributed by atoms with Gasteiger partial charge in [0.05, 0.1) is 18.9 Å². The standard InChI is InChI=1S/C16H17N3O3S.ClH/c20-15(14-8-17-4-6-22-14)19-16-18-12(9-23-16)10-1-2-13-11(7-10)3-5-21-13;/h1-2,7,9,14,17H,3-6,8H2,(H,18,19,20);1H. The zero-order valence-corrected chi connectivity index (χ0v) is 14.5. The second-order valence-electron chi connectivity index (χ2n) is 5.51. The van der Waals surface area contributed by atoms with E-state index < -0.39 is 6.10 Å². The molecular formula is C16H18ClN3O3S. The first-order valence-corrected chi connectivity index (χ1v) is 8.52. The number of ether oxygens (including phenoxy) is 2. The summed E-state index contributed by atoms with van der Waals surface area (Å²) in [5, 5.41) is 8.52. The van der Waals surface area contributed by atoms with Crippen LogP contribution in [-0.4, -0.2) is 43.3 Å². The number of benzene rings is 1. The van der Waals surface area contributed by atoms with E-state index in [1.807, 2.05) is 17.5 Å². The summed E-state index contributed by atoms with van der Waals surface area (Å²) >= 11 is 1.42. The SMILES string of the molecule is Cl.O=C(Nc1nc(-c2ccc3c(c2)CCO3)cs1)C1CNCCO1. The lowest BCUT2D eigenvalue weighted by molar-refractivity contribution is -0.128. The molecular weight excluding hydrogens is 350 g/mol. The first-order valence-electron chi connectivity index (χ1n) is 7.64. The zero-order valence-electron chi connectivity index (χ0n) is 12.9. The van der Waals surface area contributed by atoms with Crippen molar-refractivity contribution < 1.29 is 14.3 Å². The second-order valence-corrected chi connectivity index (χ2v) is 6.37. The van der Waals surface area contributed by atoms with Crippen LogP contribution in [0.1, 0.15) is 5.56 Å². The molecule has 2 aromatic rings. The van der Waals surface area contributed by atoms with Gasteiger partial charge in [-0.2, -0.15) is 0 Å². The molecule has 1 fully saturated rings. The summed E-state index contributed by atoms with van der Waals surface area (Å²) in [6.07, 6.45) is 0.483. The Labute approximate surface area is 150 Å². The summed E-state index contributed by atoms with van der Waals surface area (Å²) < 4.78 is 11.0. The predicted octanol–water partition coefficient (Wildman–Crippen LogP) is 2.09. The molecule has 1 amide bonds. The van der Waals surface area contributed by atoms with Gasteiger partial charge >= 0.3 is 0 Å². The minimum Gasteiger partial charge on any atom is -0.493 e. The number of anilines is 1. The lowest BCUT2D eigenvalue weighted by atomic mass is 10.1. The Hall–Kier alpha value is -1.67. The molecule has 1 aromatic heterocycles. The van der Waals surface area contributed by atoms with Crippen LogP contribution < -0.4 is 15.4 Å². The van der Waals surface area contributed by atoms with Crippen LogP contribution in [-0.2, 0) is 16.0 Å². The van der Waals surface area contributed by atoms with Crippen LogP contribution in [0.15, 0.2) is 23.6 Å². The highest BCUT2D eigenvalue weighted by Crippen LogP contribution is 2.31. The first kappa shape index (κ1) is 17.2. The first-order chi connectivity index (χ1) is 11.3. The summed E-state index contributed by atoms with van der Waals surface area (Å²) in [5.74, 6) is 0.805. The number of fused-ring (bicyclic) bond motifs is 1. The third-order valence-electron chi connectivity index (χ3n) is 3.94. The van der Waals surface area contributed by atoms with Gasteiger partial charge in [0.25, 0.3) is 5.91 Å². The third-order valence-corrected chi connectivity index (χ3v) is 4.70. The highest BCUT2D eigenvalue weighted by Gasteiger charge is 2.22. The maximum atomic E-state index is 12.1. The molecule has 6 nitrogen and oxygen atoms in total. The molecule has 0 saturated carbocycles. The number of carbonyl (C=O) groups is 1. The van der Waals surface area contributed by atoms with Crippen molar-refractivity contribution in [2.45, 2.75) is 12.5 Å². The fourth-order valence-corrected chi connectivity index (χ4v) is 3.45. The highest BCUT2D eigenvalue weighted by atomic mass is 35.5. The van der Waals surface area contributed by atoms with E-state index in [9.17, 15) is 4.79 Å². The van der Waals surface area contributed by atoms with Gasteiger partial charge in [-0.1, -0.05) is 0 Å². The van der Waals surface area contributed by atoms with Crippen LogP contribution in [0.3, 0.4) is 0 Å². The van der Waals surface area contributed by atoms with Crippen molar-refractivity contribution in [2.75, 3.05) is 31.6 Å². The van der Waals surface area contributed by atoms with Crippen molar-refractivity contribution in [3.05, 3.63) is 29.1 Å². The van der Waals surface area contributed by atoms with Crippen molar-refractivity contribution in [2.24, 2.45) is 0 Å². The Morgan fingerprint density at radius 2 is 2.29 bits per heavy atom. The monoisotopic (exact) mass is 367 g/mol. The number of hydrogen-bond acceptors (Lipinski definition) is 6. The van der Waals surface area contributed by atoms with Gasteiger partial charge in [0.2, 0.25) is 0 Å². The van der Waals surface area contributed by atoms with E-state index in [0.717, 1.165) is 36.6 Å². The molecule has 1 aromatic carbocycles. The van der Waals surface area contributed by atoms with E-state index in [2.05, 4.69) is 21.7 Å². The zero-order chi connectivity index (χ0) is 15.6. The van der Waals surface area contributed by atoms with Crippen molar-refractivity contribution >= 4 is 34.8 Å². The van der Waals surface area contributed by atoms with Crippen LogP contribution in [0, 0.1) is 0 Å². The largest absolute Gasteiger partial charge is 0.493 e. The molecule has 2 N–H and O–H groups in total. The number of aromatic nitrogens is 1. The van der Waals surface area contributed by atoms with Crippen LogP contribution in [0.5, 0.6) is 5.75 Å². The van der Waals surface area contributed by atoms with Gasteiger partial charge in [-0.05, 0) is 23.8 Å². The lowest BCUT2D eigenvalue weighted by Crippen LogP contribution is -2.45. The molecule has 4 rings (SSSR count). The maximum Gasteiger partial charge on any atom is 0.256 e. The fourth-order valence-electron chi connectivity index (χ4n) is 2.73. The summed E-state index contributed by atoms with van der Waals surface area (Å²) in [4.78, 5) is 16.7. The van der Waals surface area contributed by atoms with Crippen molar-refractivity contribution in [3.8, 4) is 17.0 Å². The van der Waals surface area contributed by atoms with Crippen LogP contribution in [0.25, 0.3) is 11.3 Å². The van der Waals surface area contributed by atoms with Crippen LogP contribution >= 0.6 is 23.7 Å². The van der Waals surface area contributed by atoms with E-state index >= 15 is 0 Å². The maximum absolute atomic E-state index is 12.1. The second kappa shape index (κ2) is 7.48. The molecule has 128 valence electrons. The molecule has 0 aliphatic carbocycles. The van der Waals surface area contributed by atoms with Gasteiger partial charge in [-0.25, -0.2) is 4.98 Å². The van der Waals surface area contributed by atoms with Crippen molar-refractivity contribution in [1.29, 1.82) is 0 Å². The topological polar surface area (TPSA) is 72.5 Å². The number of morpholine rings is 1. The fraction of sp³-hybridized carbons (Fsp3) is 0.375. The third kappa shape index (κ3) is 3.54. The van der Waals surface area contributed by atoms with Gasteiger partial charge in [0, 0.05) is 30.5 Å². The number of amides is 1. The molecule has 0 spiro atoms. The van der Waals surface area contributed by atoms with Gasteiger partial charge in [0.15, 0.2) is 5.13 Å². The molecule has 3 heterocycles. The average Bonchev–Trinajstić information content (AvgIpc) is 3.23. The van der Waals surface area contributed by atoms with Gasteiger partial charge in [-0.15, -0.1) is 23.7 Å². The van der Waals surface area contributed by atoms with E-state index in [4.69, 9.17) is 9.47 Å². The molecule has 24 heavy (non-hydrogen) atoms. The molecule has 0 bridgehead atoms. The number of nitrogens with one attached hydrogen (secondary N) is 2. The molecule has 1 saturated heterocycles. The Kier molecular flexibility index (Phi) is 5.35. The van der Waals surface area contributed by atoms with Gasteiger partial charge < -0.3 is 14.8 Å². The van der Waals surface area contributed by atoms with E-state index in [1.54, 1.807) is 0 Å². The Balaban J connectivity index is 0.00000169. The molecule has 1 atom stereocenters. The minimum atomic E-state index is -0.451. The smallest absolute Gasteiger partial charge is 0.256 e. The number of halogens is 1. The van der Waals surface area contributed by atoms with E-state index in [0.29, 0.717) is 18.3 Å². The van der Waals surface area contributed by atoms with Gasteiger partial charge in [0.1, 0.15) is 11.9 Å². The highest BCUT2D eigenvalue weighted by molar-refractivity contribution is 7.14.